The van der Waals surface area contributed by atoms with E-state index in [0.29, 0.717) is 12.2 Å². The fraction of sp³-hybridized carbons (Fsp3) is 0.533. The minimum atomic E-state index is -0.937. The van der Waals surface area contributed by atoms with Crippen LogP contribution in [0.4, 0.5) is 0 Å². The number of hydrogen-bond acceptors (Lipinski definition) is 3. The molecule has 186 valence electrons. The molecule has 0 aliphatic rings. The number of aromatic carboxylic acids is 1. The van der Waals surface area contributed by atoms with E-state index in [1.54, 1.807) is 36.4 Å². The number of esters is 1. The maximum absolute atomic E-state index is 12.1. The highest BCUT2D eigenvalue weighted by atomic mass is 16.5. The van der Waals surface area contributed by atoms with Gasteiger partial charge in [-0.1, -0.05) is 115 Å². The minimum absolute atomic E-state index is 0.183. The molecule has 0 aliphatic heterocycles. The van der Waals surface area contributed by atoms with Gasteiger partial charge in [0.05, 0.1) is 5.56 Å². The molecule has 0 atom stereocenters. The summed E-state index contributed by atoms with van der Waals surface area (Å²) in [5, 5.41) is 9.00. The van der Waals surface area contributed by atoms with Crippen molar-refractivity contribution in [3.63, 3.8) is 0 Å². The lowest BCUT2D eigenvalue weighted by atomic mass is 10.0. The summed E-state index contributed by atoms with van der Waals surface area (Å²) < 4.78 is 5.45. The van der Waals surface area contributed by atoms with Gasteiger partial charge in [0.1, 0.15) is 5.75 Å². The molecule has 4 nitrogen and oxygen atoms in total. The lowest BCUT2D eigenvalue weighted by molar-refractivity contribution is -0.134. The Hall–Kier alpha value is -2.62. The Labute approximate surface area is 205 Å². The maximum atomic E-state index is 12.1. The van der Waals surface area contributed by atoms with Gasteiger partial charge in [0.25, 0.3) is 0 Å². The summed E-state index contributed by atoms with van der Waals surface area (Å²) >= 11 is 0. The van der Waals surface area contributed by atoms with Crippen molar-refractivity contribution in [3.05, 3.63) is 54.1 Å². The summed E-state index contributed by atoms with van der Waals surface area (Å²) in [4.78, 5) is 23.1. The quantitative estimate of drug-likeness (QED) is 0.135. The van der Waals surface area contributed by atoms with Crippen molar-refractivity contribution < 1.29 is 19.4 Å². The summed E-state index contributed by atoms with van der Waals surface area (Å²) in [7, 11) is 0. The normalized spacial score (nSPS) is 10.9. The highest BCUT2D eigenvalue weighted by Crippen LogP contribution is 2.23. The van der Waals surface area contributed by atoms with Crippen molar-refractivity contribution in [2.45, 2.75) is 103 Å². The Kier molecular flexibility index (Phi) is 13.7. The largest absolute Gasteiger partial charge is 0.478 e. The molecular weight excluding hydrogens is 424 g/mol. The zero-order valence-electron chi connectivity index (χ0n) is 20.9. The first kappa shape index (κ1) is 27.6. The van der Waals surface area contributed by atoms with Gasteiger partial charge in [0.15, 0.2) is 0 Å². The second kappa shape index (κ2) is 16.9. The molecule has 0 spiro atoms. The van der Waals surface area contributed by atoms with E-state index in [4.69, 9.17) is 9.84 Å². The highest BCUT2D eigenvalue weighted by Gasteiger charge is 2.07. The third-order valence-corrected chi connectivity index (χ3v) is 6.29. The first-order chi connectivity index (χ1) is 16.6. The first-order valence-corrected chi connectivity index (χ1v) is 13.2. The molecule has 0 aliphatic carbocycles. The van der Waals surface area contributed by atoms with Crippen molar-refractivity contribution in [2.75, 3.05) is 0 Å². The predicted octanol–water partition coefficient (Wildman–Crippen LogP) is 8.83. The molecule has 4 heteroatoms. The van der Waals surface area contributed by atoms with Gasteiger partial charge in [0, 0.05) is 6.42 Å². The average molecular weight is 467 g/mol. The van der Waals surface area contributed by atoms with Gasteiger partial charge < -0.3 is 9.84 Å². The molecule has 0 amide bonds. The molecule has 0 saturated carbocycles. The zero-order chi connectivity index (χ0) is 24.4. The topological polar surface area (TPSA) is 63.6 Å². The van der Waals surface area contributed by atoms with Crippen LogP contribution < -0.4 is 4.74 Å². The van der Waals surface area contributed by atoms with Crippen LogP contribution in [0.5, 0.6) is 5.75 Å². The molecule has 0 radical (unpaired) electrons. The fourth-order valence-electron chi connectivity index (χ4n) is 4.17. The van der Waals surface area contributed by atoms with Gasteiger partial charge in [-0.2, -0.15) is 0 Å². The van der Waals surface area contributed by atoms with E-state index in [1.807, 2.05) is 12.1 Å². The molecule has 2 aromatic rings. The second-order valence-corrected chi connectivity index (χ2v) is 9.23. The molecule has 0 aromatic heterocycles. The van der Waals surface area contributed by atoms with Crippen LogP contribution in [0.25, 0.3) is 11.1 Å². The lowest BCUT2D eigenvalue weighted by Crippen LogP contribution is -2.07. The summed E-state index contributed by atoms with van der Waals surface area (Å²) in [6, 6.07) is 14.0. The number of carbonyl (C=O) groups is 2. The van der Waals surface area contributed by atoms with Crippen molar-refractivity contribution in [1.29, 1.82) is 0 Å². The van der Waals surface area contributed by atoms with Gasteiger partial charge in [0.2, 0.25) is 0 Å². The Balaban J connectivity index is 1.50. The van der Waals surface area contributed by atoms with Crippen LogP contribution in [-0.2, 0) is 4.79 Å². The number of ether oxygens (including phenoxy) is 1. The number of hydrogen-bond donors (Lipinski definition) is 1. The Morgan fingerprint density at radius 1 is 0.618 bits per heavy atom. The minimum Gasteiger partial charge on any atom is -0.478 e. The van der Waals surface area contributed by atoms with Gasteiger partial charge in [-0.3, -0.25) is 4.79 Å². The van der Waals surface area contributed by atoms with Crippen LogP contribution in [0, 0.1) is 0 Å². The summed E-state index contributed by atoms with van der Waals surface area (Å²) in [6.07, 6.45) is 18.6. The van der Waals surface area contributed by atoms with Crippen molar-refractivity contribution >= 4 is 11.9 Å². The van der Waals surface area contributed by atoms with Gasteiger partial charge >= 0.3 is 11.9 Å². The van der Waals surface area contributed by atoms with Crippen LogP contribution in [0.3, 0.4) is 0 Å². The number of benzene rings is 2. The molecule has 2 rings (SSSR count). The fourth-order valence-corrected chi connectivity index (χ4v) is 4.17. The predicted molar refractivity (Wildman–Crippen MR) is 139 cm³/mol. The zero-order valence-corrected chi connectivity index (χ0v) is 20.9. The van der Waals surface area contributed by atoms with Crippen molar-refractivity contribution in [1.82, 2.24) is 0 Å². The van der Waals surface area contributed by atoms with Crippen LogP contribution >= 0.6 is 0 Å². The Bertz CT molecular complexity index is 824. The Morgan fingerprint density at radius 2 is 1.03 bits per heavy atom. The molecule has 34 heavy (non-hydrogen) atoms. The van der Waals surface area contributed by atoms with E-state index in [9.17, 15) is 9.59 Å². The SMILES string of the molecule is CCCCCCCCCCCCCCCCC(=O)Oc1ccc(-c2ccc(C(=O)O)cc2)cc1. The standard InChI is InChI=1S/C30H42O4/c1-2-3-4-5-6-7-8-9-10-11-12-13-14-15-16-29(31)34-28-23-21-26(22-24-28)25-17-19-27(20-18-25)30(32)33/h17-24H,2-16H2,1H3,(H,32,33). The Morgan fingerprint density at radius 3 is 1.47 bits per heavy atom. The van der Waals surface area contributed by atoms with Crippen molar-refractivity contribution in [2.24, 2.45) is 0 Å². The van der Waals surface area contributed by atoms with E-state index < -0.39 is 5.97 Å². The number of unbranched alkanes of at least 4 members (excludes halogenated alkanes) is 13. The first-order valence-electron chi connectivity index (χ1n) is 13.2. The highest BCUT2D eigenvalue weighted by molar-refractivity contribution is 5.88. The maximum Gasteiger partial charge on any atom is 0.335 e. The molecule has 0 saturated heterocycles. The van der Waals surface area contributed by atoms with Crippen LogP contribution in [-0.4, -0.2) is 17.0 Å². The summed E-state index contributed by atoms with van der Waals surface area (Å²) in [5.74, 6) is -0.577. The molecular formula is C30H42O4. The monoisotopic (exact) mass is 466 g/mol. The van der Waals surface area contributed by atoms with Gasteiger partial charge in [-0.05, 0) is 41.8 Å². The van der Waals surface area contributed by atoms with E-state index in [2.05, 4.69) is 6.92 Å². The van der Waals surface area contributed by atoms with Gasteiger partial charge in [-0.25, -0.2) is 4.79 Å². The third kappa shape index (κ3) is 11.5. The number of rotatable bonds is 18. The molecule has 0 bridgehead atoms. The van der Waals surface area contributed by atoms with Crippen LogP contribution in [0.2, 0.25) is 0 Å². The number of carboxylic acids is 1. The number of carbonyl (C=O) groups excluding carboxylic acids is 1. The second-order valence-electron chi connectivity index (χ2n) is 9.23. The third-order valence-electron chi connectivity index (χ3n) is 6.29. The number of carboxylic acid groups (broad SMARTS) is 1. The molecule has 2 aromatic carbocycles. The smallest absolute Gasteiger partial charge is 0.335 e. The lowest BCUT2D eigenvalue weighted by Gasteiger charge is -2.07. The molecule has 1 N–H and O–H groups in total. The molecule has 0 fully saturated rings. The van der Waals surface area contributed by atoms with E-state index in [1.165, 1.54) is 77.0 Å². The van der Waals surface area contributed by atoms with E-state index in [0.717, 1.165) is 24.0 Å². The van der Waals surface area contributed by atoms with Gasteiger partial charge in [-0.15, -0.1) is 0 Å². The van der Waals surface area contributed by atoms with Crippen LogP contribution in [0.1, 0.15) is 114 Å². The van der Waals surface area contributed by atoms with Crippen LogP contribution in [0.15, 0.2) is 48.5 Å². The van der Waals surface area contributed by atoms with E-state index in [-0.39, 0.29) is 11.5 Å². The molecule has 0 heterocycles. The molecule has 0 unspecified atom stereocenters. The van der Waals surface area contributed by atoms with Crippen molar-refractivity contribution in [3.8, 4) is 16.9 Å². The summed E-state index contributed by atoms with van der Waals surface area (Å²) in [6.45, 7) is 2.26. The average Bonchev–Trinajstić information content (AvgIpc) is 2.85. The summed E-state index contributed by atoms with van der Waals surface area (Å²) in [5.41, 5.74) is 2.13. The van der Waals surface area contributed by atoms with E-state index >= 15 is 0 Å².